The number of fused-ring (bicyclic) bond motifs is 4. The molecule has 8 nitrogen and oxygen atoms in total. The van der Waals surface area contributed by atoms with Gasteiger partial charge in [-0.3, -0.25) is 4.90 Å². The van der Waals surface area contributed by atoms with Gasteiger partial charge in [-0.25, -0.2) is 0 Å². The second-order valence-electron chi connectivity index (χ2n) is 12.6. The van der Waals surface area contributed by atoms with Crippen LogP contribution >= 0.6 is 11.3 Å². The summed E-state index contributed by atoms with van der Waals surface area (Å²) >= 11 is 1.56. The van der Waals surface area contributed by atoms with Crippen molar-refractivity contribution in [2.75, 3.05) is 43.4 Å². The Morgan fingerprint density at radius 3 is 2.79 bits per heavy atom. The van der Waals surface area contributed by atoms with Crippen LogP contribution in [0.25, 0.3) is 0 Å². The summed E-state index contributed by atoms with van der Waals surface area (Å²) in [7, 11) is 0. The molecule has 39 heavy (non-hydrogen) atoms. The number of hydrogen-bond acceptors (Lipinski definition) is 9. The molecule has 1 aliphatic carbocycles. The van der Waals surface area contributed by atoms with Crippen LogP contribution in [0.4, 0.5) is 10.8 Å². The minimum atomic E-state index is -0.552. The normalized spacial score (nSPS) is 30.5. The molecular formula is C30H40N6O2S. The van der Waals surface area contributed by atoms with Crippen LogP contribution in [0.2, 0.25) is 0 Å². The van der Waals surface area contributed by atoms with Gasteiger partial charge in [0.25, 0.3) is 0 Å². The molecule has 2 N–H and O–H groups in total. The Labute approximate surface area is 235 Å². The van der Waals surface area contributed by atoms with E-state index >= 15 is 0 Å². The van der Waals surface area contributed by atoms with Crippen molar-refractivity contribution < 1.29 is 9.47 Å². The molecule has 0 aromatic carbocycles. The van der Waals surface area contributed by atoms with Gasteiger partial charge in [0.05, 0.1) is 23.4 Å². The number of hydrogen-bond donors (Lipinski definition) is 1. The van der Waals surface area contributed by atoms with E-state index in [1.165, 1.54) is 62.9 Å². The van der Waals surface area contributed by atoms with Crippen molar-refractivity contribution >= 4 is 22.2 Å². The SMILES string of the molecule is C[C@H]1CN2CCC[C@@]2(COc2nc3c(c(N4CCCCCC4)n2)COC2(CCCc4sc(N)c(C#N)c42)C3)C1. The zero-order valence-electron chi connectivity index (χ0n) is 23.1. The van der Waals surface area contributed by atoms with Gasteiger partial charge >= 0.3 is 6.01 Å². The van der Waals surface area contributed by atoms with Crippen molar-refractivity contribution in [2.24, 2.45) is 5.92 Å². The maximum Gasteiger partial charge on any atom is 0.318 e. The average molecular weight is 549 g/mol. The number of ether oxygens (including phenoxy) is 2. The lowest BCUT2D eigenvalue weighted by Gasteiger charge is -2.42. The van der Waals surface area contributed by atoms with Crippen molar-refractivity contribution in [3.05, 3.63) is 27.3 Å². The first-order valence-electron chi connectivity index (χ1n) is 15.0. The quantitative estimate of drug-likeness (QED) is 0.574. The molecule has 3 atom stereocenters. The Hall–Kier alpha value is -2.41. The fourth-order valence-electron chi connectivity index (χ4n) is 8.20. The molecule has 3 saturated heterocycles. The lowest BCUT2D eigenvalue weighted by Crippen LogP contribution is -2.44. The summed E-state index contributed by atoms with van der Waals surface area (Å²) in [4.78, 5) is 16.5. The Morgan fingerprint density at radius 2 is 1.97 bits per heavy atom. The van der Waals surface area contributed by atoms with E-state index in [0.29, 0.717) is 42.1 Å². The molecule has 3 fully saturated rings. The van der Waals surface area contributed by atoms with E-state index in [2.05, 4.69) is 22.8 Å². The number of thiophene rings is 1. The summed E-state index contributed by atoms with van der Waals surface area (Å²) < 4.78 is 13.3. The molecule has 1 spiro atoms. The predicted octanol–water partition coefficient (Wildman–Crippen LogP) is 4.93. The highest BCUT2D eigenvalue weighted by Crippen LogP contribution is 2.51. The van der Waals surface area contributed by atoms with E-state index in [1.807, 2.05) is 0 Å². The number of aryl methyl sites for hydroxylation is 1. The maximum atomic E-state index is 9.99. The molecule has 0 radical (unpaired) electrons. The van der Waals surface area contributed by atoms with Gasteiger partial charge in [0.1, 0.15) is 29.1 Å². The highest BCUT2D eigenvalue weighted by Gasteiger charge is 2.49. The second kappa shape index (κ2) is 9.90. The second-order valence-corrected chi connectivity index (χ2v) is 13.7. The maximum absolute atomic E-state index is 9.99. The smallest absolute Gasteiger partial charge is 0.318 e. The molecule has 208 valence electrons. The molecule has 2 aromatic heterocycles. The number of nitrogen functional groups attached to an aromatic ring is 1. The Balaban J connectivity index is 1.26. The van der Waals surface area contributed by atoms with Crippen LogP contribution in [0, 0.1) is 17.2 Å². The fraction of sp³-hybridized carbons (Fsp3) is 0.700. The minimum absolute atomic E-state index is 0.125. The van der Waals surface area contributed by atoms with Gasteiger partial charge < -0.3 is 20.1 Å². The van der Waals surface area contributed by atoms with E-state index in [4.69, 9.17) is 25.2 Å². The van der Waals surface area contributed by atoms with Crippen LogP contribution in [0.1, 0.15) is 92.0 Å². The standard InChI is InChI=1S/C30H40N6O2S/c1-20-14-29(9-7-13-36(29)17-20)19-37-28-33-23-15-30(10-6-8-24-25(30)21(16-31)26(32)39-24)38-18-22(23)27(34-28)35-11-4-2-3-5-12-35/h20H,2-15,17-19,32H2,1H3/t20-,29+,30?/m1/s1. The summed E-state index contributed by atoms with van der Waals surface area (Å²) in [5.41, 5.74) is 9.62. The molecular weight excluding hydrogens is 508 g/mol. The van der Waals surface area contributed by atoms with Crippen LogP contribution in [0.3, 0.4) is 0 Å². The van der Waals surface area contributed by atoms with Crippen LogP contribution in [0.5, 0.6) is 6.01 Å². The largest absolute Gasteiger partial charge is 0.461 e. The molecule has 0 bridgehead atoms. The van der Waals surface area contributed by atoms with Crippen LogP contribution in [-0.4, -0.2) is 53.2 Å². The Kier molecular flexibility index (Phi) is 6.48. The van der Waals surface area contributed by atoms with Gasteiger partial charge in [-0.05, 0) is 63.8 Å². The monoisotopic (exact) mass is 548 g/mol. The zero-order chi connectivity index (χ0) is 26.6. The number of anilines is 2. The van der Waals surface area contributed by atoms with Crippen LogP contribution < -0.4 is 15.4 Å². The third-order valence-corrected chi connectivity index (χ3v) is 11.0. The van der Waals surface area contributed by atoms with E-state index < -0.39 is 5.60 Å². The summed E-state index contributed by atoms with van der Waals surface area (Å²) in [6.45, 7) is 7.82. The van der Waals surface area contributed by atoms with Gasteiger partial charge in [-0.15, -0.1) is 11.3 Å². The van der Waals surface area contributed by atoms with Gasteiger partial charge in [-0.2, -0.15) is 15.2 Å². The molecule has 5 aliphatic rings. The number of rotatable bonds is 4. The summed E-state index contributed by atoms with van der Waals surface area (Å²) in [6, 6.07) is 2.90. The van der Waals surface area contributed by atoms with Gasteiger partial charge in [0.15, 0.2) is 0 Å². The topological polar surface area (TPSA) is 101 Å². The van der Waals surface area contributed by atoms with Gasteiger partial charge in [-0.1, -0.05) is 19.8 Å². The van der Waals surface area contributed by atoms with Crippen molar-refractivity contribution in [3.63, 3.8) is 0 Å². The van der Waals surface area contributed by atoms with Crippen molar-refractivity contribution in [3.8, 4) is 12.1 Å². The average Bonchev–Trinajstić information content (AvgIpc) is 3.47. The number of nitriles is 1. The molecule has 0 amide bonds. The van der Waals surface area contributed by atoms with E-state index in [9.17, 15) is 5.26 Å². The highest BCUT2D eigenvalue weighted by atomic mass is 32.1. The molecule has 2 aromatic rings. The summed E-state index contributed by atoms with van der Waals surface area (Å²) in [5.74, 6) is 1.70. The van der Waals surface area contributed by atoms with Crippen molar-refractivity contribution in [2.45, 2.75) is 95.3 Å². The lowest BCUT2D eigenvalue weighted by molar-refractivity contribution is -0.0852. The molecule has 7 rings (SSSR count). The summed E-state index contributed by atoms with van der Waals surface area (Å²) in [5, 5.41) is 10.6. The lowest BCUT2D eigenvalue weighted by atomic mass is 9.76. The molecule has 0 saturated carbocycles. The molecule has 1 unspecified atom stereocenters. The van der Waals surface area contributed by atoms with Crippen LogP contribution in [0.15, 0.2) is 0 Å². The third-order valence-electron chi connectivity index (χ3n) is 9.93. The first-order valence-corrected chi connectivity index (χ1v) is 15.8. The van der Waals surface area contributed by atoms with Crippen LogP contribution in [-0.2, 0) is 29.8 Å². The highest BCUT2D eigenvalue weighted by molar-refractivity contribution is 7.16. The van der Waals surface area contributed by atoms with E-state index in [0.717, 1.165) is 55.0 Å². The van der Waals surface area contributed by atoms with E-state index in [-0.39, 0.29) is 5.54 Å². The number of nitrogens with two attached hydrogens (primary N) is 1. The molecule has 6 heterocycles. The predicted molar refractivity (Wildman–Crippen MR) is 152 cm³/mol. The number of aromatic nitrogens is 2. The first kappa shape index (κ1) is 25.6. The third kappa shape index (κ3) is 4.30. The minimum Gasteiger partial charge on any atom is -0.461 e. The van der Waals surface area contributed by atoms with Crippen molar-refractivity contribution in [1.29, 1.82) is 5.26 Å². The summed E-state index contributed by atoms with van der Waals surface area (Å²) in [6.07, 6.45) is 12.0. The fourth-order valence-corrected chi connectivity index (χ4v) is 9.35. The van der Waals surface area contributed by atoms with Gasteiger partial charge in [0.2, 0.25) is 0 Å². The zero-order valence-corrected chi connectivity index (χ0v) is 24.0. The Bertz CT molecular complexity index is 1300. The Morgan fingerprint density at radius 1 is 1.13 bits per heavy atom. The first-order chi connectivity index (χ1) is 19.0. The molecule has 9 heteroatoms. The van der Waals surface area contributed by atoms with E-state index in [1.54, 1.807) is 11.3 Å². The number of nitrogens with zero attached hydrogens (tertiary/aromatic N) is 5. The van der Waals surface area contributed by atoms with Crippen molar-refractivity contribution in [1.82, 2.24) is 14.9 Å². The van der Waals surface area contributed by atoms with Gasteiger partial charge in [0, 0.05) is 42.1 Å². The molecule has 4 aliphatic heterocycles.